The third-order valence-corrected chi connectivity index (χ3v) is 2.09. The van der Waals surface area contributed by atoms with Crippen LogP contribution in [-0.2, 0) is 9.59 Å². The van der Waals surface area contributed by atoms with E-state index in [2.05, 4.69) is 5.32 Å². The molecule has 0 aromatic rings. The van der Waals surface area contributed by atoms with Crippen molar-refractivity contribution in [2.75, 3.05) is 13.1 Å². The molecule has 0 aromatic heterocycles. The first-order valence-electron chi connectivity index (χ1n) is 3.75. The maximum Gasteiger partial charge on any atom is 1.00 e. The van der Waals surface area contributed by atoms with E-state index in [1.54, 1.807) is 0 Å². The fourth-order valence-electron chi connectivity index (χ4n) is 1.39. The topological polar surface area (TPSA) is 92.3 Å². The summed E-state index contributed by atoms with van der Waals surface area (Å²) in [7, 11) is 0. The fourth-order valence-corrected chi connectivity index (χ4v) is 1.39. The van der Waals surface area contributed by atoms with Gasteiger partial charge >= 0.3 is 59.1 Å². The van der Waals surface area contributed by atoms with Gasteiger partial charge in [0.15, 0.2) is 0 Å². The van der Waals surface area contributed by atoms with Gasteiger partial charge in [0.05, 0.1) is 0 Å². The van der Waals surface area contributed by atoms with Crippen LogP contribution in [0.25, 0.3) is 0 Å². The van der Waals surface area contributed by atoms with E-state index in [0.29, 0.717) is 13.0 Å². The van der Waals surface area contributed by atoms with Gasteiger partial charge < -0.3 is 25.1 Å². The average Bonchev–Trinajstić information content (AvgIpc) is 2.04. The summed E-state index contributed by atoms with van der Waals surface area (Å²) in [5.41, 5.74) is 0. The Morgan fingerprint density at radius 1 is 1.07 bits per heavy atom. The molecule has 1 aliphatic rings. The zero-order valence-corrected chi connectivity index (χ0v) is 12.4. The Kier molecular flexibility index (Phi) is 10.0. The van der Waals surface area contributed by atoms with Crippen LogP contribution in [0.15, 0.2) is 0 Å². The third kappa shape index (κ3) is 4.61. The van der Waals surface area contributed by atoms with E-state index in [4.69, 9.17) is 0 Å². The van der Waals surface area contributed by atoms with Crippen molar-refractivity contribution in [3.63, 3.8) is 0 Å². The smallest absolute Gasteiger partial charge is 0.550 e. The first kappa shape index (κ1) is 17.3. The minimum atomic E-state index is -1.32. The summed E-state index contributed by atoms with van der Waals surface area (Å²) in [6.07, 6.45) is 0.293. The first-order valence-corrected chi connectivity index (χ1v) is 3.75. The van der Waals surface area contributed by atoms with Crippen LogP contribution in [0.2, 0.25) is 0 Å². The van der Waals surface area contributed by atoms with Crippen LogP contribution in [-0.4, -0.2) is 25.0 Å². The zero-order valence-electron chi connectivity index (χ0n) is 8.41. The molecule has 68 valence electrons. The molecule has 0 aliphatic carbocycles. The second-order valence-corrected chi connectivity index (χ2v) is 2.84. The number of piperidine rings is 1. The molecule has 1 saturated heterocycles. The van der Waals surface area contributed by atoms with E-state index in [9.17, 15) is 19.8 Å². The number of hydrogen-bond donors (Lipinski definition) is 1. The van der Waals surface area contributed by atoms with Gasteiger partial charge in [-0.1, -0.05) is 0 Å². The maximum absolute atomic E-state index is 10.4. The summed E-state index contributed by atoms with van der Waals surface area (Å²) in [4.78, 5) is 20.9. The molecule has 1 aliphatic heterocycles. The Morgan fingerprint density at radius 2 is 1.57 bits per heavy atom. The minimum Gasteiger partial charge on any atom is -0.550 e. The fraction of sp³-hybridized carbons (Fsp3) is 0.714. The van der Waals surface area contributed by atoms with Crippen molar-refractivity contribution in [2.24, 2.45) is 11.8 Å². The summed E-state index contributed by atoms with van der Waals surface area (Å²) in [6, 6.07) is 0. The molecule has 7 heteroatoms. The van der Waals surface area contributed by atoms with Gasteiger partial charge in [0, 0.05) is 30.3 Å². The van der Waals surface area contributed by atoms with Gasteiger partial charge in [-0.2, -0.15) is 0 Å². The van der Waals surface area contributed by atoms with E-state index in [1.165, 1.54) is 0 Å². The van der Waals surface area contributed by atoms with Crippen molar-refractivity contribution < 1.29 is 78.9 Å². The van der Waals surface area contributed by atoms with Crippen LogP contribution in [0, 0.1) is 11.8 Å². The molecule has 0 spiro atoms. The Hall–Kier alpha value is 0.900. The van der Waals surface area contributed by atoms with Gasteiger partial charge in [0.2, 0.25) is 0 Å². The van der Waals surface area contributed by atoms with Gasteiger partial charge in [-0.15, -0.1) is 0 Å². The van der Waals surface area contributed by atoms with Gasteiger partial charge in [-0.3, -0.25) is 0 Å². The first-order chi connectivity index (χ1) is 5.63. The molecule has 5 nitrogen and oxygen atoms in total. The van der Waals surface area contributed by atoms with Gasteiger partial charge in [0.1, 0.15) is 0 Å². The van der Waals surface area contributed by atoms with Crippen molar-refractivity contribution in [2.45, 2.75) is 6.42 Å². The summed E-state index contributed by atoms with van der Waals surface area (Å²) in [5.74, 6) is -4.48. The molecular formula is C7H9NNa2O4. The van der Waals surface area contributed by atoms with Crippen LogP contribution < -0.4 is 74.6 Å². The predicted molar refractivity (Wildman–Crippen MR) is 34.5 cm³/mol. The number of carboxylic acid groups (broad SMARTS) is 2. The molecule has 1 N–H and O–H groups in total. The third-order valence-electron chi connectivity index (χ3n) is 2.09. The van der Waals surface area contributed by atoms with Crippen LogP contribution in [0.4, 0.5) is 0 Å². The molecule has 1 rings (SSSR count). The summed E-state index contributed by atoms with van der Waals surface area (Å²) >= 11 is 0. The Bertz CT molecular complexity index is 190. The summed E-state index contributed by atoms with van der Waals surface area (Å²) in [6.45, 7) is 0.670. The van der Waals surface area contributed by atoms with E-state index in [-0.39, 0.29) is 65.7 Å². The summed E-state index contributed by atoms with van der Waals surface area (Å²) in [5, 5.41) is 23.7. The standard InChI is InChI=1S/C7H11NO4.2Na/c9-6(10)4-1-2-8-3-5(4)7(11)12;;/h4-5,8H,1-3H2,(H,9,10)(H,11,12);;/q;2*+1/p-2. The number of rotatable bonds is 2. The van der Waals surface area contributed by atoms with Crippen LogP contribution >= 0.6 is 0 Å². The normalized spacial score (nSPS) is 25.4. The molecular weight excluding hydrogens is 208 g/mol. The maximum atomic E-state index is 10.4. The van der Waals surface area contributed by atoms with Gasteiger partial charge in [-0.25, -0.2) is 0 Å². The SMILES string of the molecule is O=C([O-])C1CCNCC1C(=O)[O-].[Na+].[Na+]. The summed E-state index contributed by atoms with van der Waals surface area (Å²) < 4.78 is 0. The van der Waals surface area contributed by atoms with Crippen molar-refractivity contribution in [3.05, 3.63) is 0 Å². The molecule has 14 heavy (non-hydrogen) atoms. The van der Waals surface area contributed by atoms with Crippen molar-refractivity contribution in [1.29, 1.82) is 0 Å². The van der Waals surface area contributed by atoms with Gasteiger partial charge in [-0.05, 0) is 13.0 Å². The van der Waals surface area contributed by atoms with Gasteiger partial charge in [0.25, 0.3) is 0 Å². The molecule has 1 heterocycles. The second kappa shape index (κ2) is 8.10. The average molecular weight is 217 g/mol. The Labute approximate surface area is 126 Å². The number of aliphatic carboxylic acids is 2. The monoisotopic (exact) mass is 217 g/mol. The molecule has 0 saturated carbocycles. The number of nitrogens with one attached hydrogen (secondary N) is 1. The van der Waals surface area contributed by atoms with Crippen molar-refractivity contribution >= 4 is 11.9 Å². The van der Waals surface area contributed by atoms with Crippen molar-refractivity contribution in [1.82, 2.24) is 5.32 Å². The number of hydrogen-bond acceptors (Lipinski definition) is 5. The number of carbonyl (C=O) groups excluding carboxylic acids is 2. The van der Waals surface area contributed by atoms with Crippen molar-refractivity contribution in [3.8, 4) is 0 Å². The quantitative estimate of drug-likeness (QED) is 0.464. The largest absolute Gasteiger partial charge is 1.00 e. The molecule has 0 bridgehead atoms. The molecule has 1 fully saturated rings. The Balaban J connectivity index is 0. The second-order valence-electron chi connectivity index (χ2n) is 2.84. The minimum absolute atomic E-state index is 0. The molecule has 0 amide bonds. The molecule has 0 aromatic carbocycles. The zero-order chi connectivity index (χ0) is 9.14. The van der Waals surface area contributed by atoms with E-state index in [0.717, 1.165) is 0 Å². The van der Waals surface area contributed by atoms with Crippen LogP contribution in [0.3, 0.4) is 0 Å². The van der Waals surface area contributed by atoms with Crippen LogP contribution in [0.5, 0.6) is 0 Å². The predicted octanol–water partition coefficient (Wildman–Crippen LogP) is -9.28. The van der Waals surface area contributed by atoms with Crippen LogP contribution in [0.1, 0.15) is 6.42 Å². The number of carbonyl (C=O) groups is 2. The van der Waals surface area contributed by atoms with E-state index >= 15 is 0 Å². The van der Waals surface area contributed by atoms with E-state index < -0.39 is 23.8 Å². The Morgan fingerprint density at radius 3 is 1.93 bits per heavy atom. The molecule has 0 radical (unpaired) electrons. The van der Waals surface area contributed by atoms with E-state index in [1.807, 2.05) is 0 Å². The molecule has 2 unspecified atom stereocenters. The molecule has 2 atom stereocenters. The number of carboxylic acids is 2.